The molecule has 0 spiro atoms. The summed E-state index contributed by atoms with van der Waals surface area (Å²) in [4.78, 5) is 0. The van der Waals surface area contributed by atoms with Gasteiger partial charge in [0.1, 0.15) is 24.7 Å². The highest BCUT2D eigenvalue weighted by atomic mass is 16.7. The van der Waals surface area contributed by atoms with Gasteiger partial charge in [0.15, 0.2) is 12.6 Å². The number of fused-ring (bicyclic) bond motifs is 1. The Morgan fingerprint density at radius 1 is 0.633 bits per heavy atom. The summed E-state index contributed by atoms with van der Waals surface area (Å²) in [7, 11) is 6.34. The molecule has 0 aliphatic heterocycles. The third-order valence-corrected chi connectivity index (χ3v) is 4.83. The highest BCUT2D eigenvalue weighted by Crippen LogP contribution is 2.37. The van der Waals surface area contributed by atoms with Crippen molar-refractivity contribution in [1.29, 1.82) is 0 Å². The minimum atomic E-state index is -0.458. The Morgan fingerprint density at radius 3 is 1.83 bits per heavy atom. The topological polar surface area (TPSA) is 55.4 Å². The van der Waals surface area contributed by atoms with E-state index in [1.807, 2.05) is 36.4 Å². The molecule has 0 aromatic heterocycles. The van der Waals surface area contributed by atoms with E-state index >= 15 is 0 Å². The van der Waals surface area contributed by atoms with Gasteiger partial charge in [-0.2, -0.15) is 0 Å². The van der Waals surface area contributed by atoms with Gasteiger partial charge in [-0.05, 0) is 29.1 Å². The Morgan fingerprint density at radius 2 is 1.23 bits per heavy atom. The van der Waals surface area contributed by atoms with Crippen molar-refractivity contribution in [2.45, 2.75) is 12.6 Å². The highest BCUT2D eigenvalue weighted by molar-refractivity contribution is 5.94. The van der Waals surface area contributed by atoms with Crippen LogP contribution >= 0.6 is 0 Å². The summed E-state index contributed by atoms with van der Waals surface area (Å²) in [5.74, 6) is 1.45. The largest absolute Gasteiger partial charge is 0.488 e. The second-order valence-electron chi connectivity index (χ2n) is 6.62. The van der Waals surface area contributed by atoms with Gasteiger partial charge in [-0.3, -0.25) is 0 Å². The van der Waals surface area contributed by atoms with Gasteiger partial charge in [-0.15, -0.1) is 0 Å². The molecule has 0 saturated heterocycles. The van der Waals surface area contributed by atoms with E-state index < -0.39 is 12.6 Å². The monoisotopic (exact) mass is 412 g/mol. The summed E-state index contributed by atoms with van der Waals surface area (Å²) in [6.07, 6.45) is -0.899. The van der Waals surface area contributed by atoms with Gasteiger partial charge >= 0.3 is 0 Å². The van der Waals surface area contributed by atoms with Gasteiger partial charge in [0.25, 0.3) is 0 Å². The van der Waals surface area contributed by atoms with E-state index in [-0.39, 0.29) is 13.2 Å². The SMILES string of the molecule is COC(COc1cc2c(OCC(OC)OC)cccc2cc1-c1ccccc1)OC. The van der Waals surface area contributed by atoms with Crippen LogP contribution in [-0.2, 0) is 18.9 Å². The van der Waals surface area contributed by atoms with Crippen LogP contribution in [0.1, 0.15) is 0 Å². The lowest BCUT2D eigenvalue weighted by molar-refractivity contribution is -0.122. The van der Waals surface area contributed by atoms with Crippen molar-refractivity contribution in [2.24, 2.45) is 0 Å². The molecule has 6 nitrogen and oxygen atoms in total. The van der Waals surface area contributed by atoms with Crippen LogP contribution < -0.4 is 9.47 Å². The molecule has 0 unspecified atom stereocenters. The average molecular weight is 412 g/mol. The molecule has 160 valence electrons. The number of methoxy groups -OCH3 is 4. The van der Waals surface area contributed by atoms with E-state index in [2.05, 4.69) is 24.3 Å². The first-order valence-corrected chi connectivity index (χ1v) is 9.69. The Bertz CT molecular complexity index is 920. The third kappa shape index (κ3) is 5.29. The second-order valence-corrected chi connectivity index (χ2v) is 6.62. The number of hydrogen-bond acceptors (Lipinski definition) is 6. The van der Waals surface area contributed by atoms with E-state index in [9.17, 15) is 0 Å². The van der Waals surface area contributed by atoms with Crippen molar-refractivity contribution in [3.63, 3.8) is 0 Å². The fourth-order valence-corrected chi connectivity index (χ4v) is 3.15. The van der Waals surface area contributed by atoms with Crippen molar-refractivity contribution in [3.05, 3.63) is 60.7 Å². The summed E-state index contributed by atoms with van der Waals surface area (Å²) in [5, 5.41) is 1.98. The predicted octanol–water partition coefficient (Wildman–Crippen LogP) is 4.50. The highest BCUT2D eigenvalue weighted by Gasteiger charge is 2.15. The van der Waals surface area contributed by atoms with Crippen molar-refractivity contribution in [1.82, 2.24) is 0 Å². The van der Waals surface area contributed by atoms with Gasteiger partial charge in [0, 0.05) is 39.4 Å². The fourth-order valence-electron chi connectivity index (χ4n) is 3.15. The van der Waals surface area contributed by atoms with Crippen molar-refractivity contribution in [2.75, 3.05) is 41.7 Å². The molecule has 30 heavy (non-hydrogen) atoms. The van der Waals surface area contributed by atoms with E-state index in [1.54, 1.807) is 28.4 Å². The Kier molecular flexibility index (Phi) is 8.04. The molecule has 0 atom stereocenters. The first kappa shape index (κ1) is 22.1. The normalized spacial score (nSPS) is 11.4. The van der Waals surface area contributed by atoms with Crippen molar-refractivity contribution in [3.8, 4) is 22.6 Å². The fraction of sp³-hybridized carbons (Fsp3) is 0.333. The molecule has 0 saturated carbocycles. The Balaban J connectivity index is 2.01. The minimum absolute atomic E-state index is 0.261. The average Bonchev–Trinajstić information content (AvgIpc) is 2.80. The summed E-state index contributed by atoms with van der Waals surface area (Å²) >= 11 is 0. The van der Waals surface area contributed by atoms with Crippen LogP contribution in [0.25, 0.3) is 21.9 Å². The molecule has 3 aromatic rings. The van der Waals surface area contributed by atoms with Crippen LogP contribution in [0.3, 0.4) is 0 Å². The first-order valence-electron chi connectivity index (χ1n) is 9.69. The molecule has 0 aliphatic carbocycles. The van der Waals surface area contributed by atoms with Gasteiger partial charge in [-0.25, -0.2) is 0 Å². The molecule has 0 N–H and O–H groups in total. The van der Waals surface area contributed by atoms with Crippen LogP contribution in [-0.4, -0.2) is 54.2 Å². The lowest BCUT2D eigenvalue weighted by Gasteiger charge is -2.19. The maximum atomic E-state index is 6.11. The number of rotatable bonds is 11. The minimum Gasteiger partial charge on any atom is -0.488 e. The molecule has 3 rings (SSSR count). The van der Waals surface area contributed by atoms with E-state index in [0.29, 0.717) is 0 Å². The van der Waals surface area contributed by atoms with E-state index in [4.69, 9.17) is 28.4 Å². The van der Waals surface area contributed by atoms with Crippen LogP contribution in [0.2, 0.25) is 0 Å². The van der Waals surface area contributed by atoms with Gasteiger partial charge in [-0.1, -0.05) is 42.5 Å². The third-order valence-electron chi connectivity index (χ3n) is 4.83. The number of hydrogen-bond donors (Lipinski definition) is 0. The molecule has 0 bridgehead atoms. The second kappa shape index (κ2) is 10.9. The maximum absolute atomic E-state index is 6.11. The molecule has 0 fully saturated rings. The summed E-state index contributed by atoms with van der Waals surface area (Å²) in [5.41, 5.74) is 2.05. The summed E-state index contributed by atoms with van der Waals surface area (Å²) < 4.78 is 33.1. The molecule has 0 heterocycles. The van der Waals surface area contributed by atoms with E-state index in [1.165, 1.54) is 0 Å². The van der Waals surface area contributed by atoms with Gasteiger partial charge < -0.3 is 28.4 Å². The molecule has 0 amide bonds. The van der Waals surface area contributed by atoms with Gasteiger partial charge in [0.2, 0.25) is 0 Å². The standard InChI is InChI=1S/C24H28O6/c1-25-23(26-2)15-29-21-12-8-11-18-13-19(17-9-6-5-7-10-17)22(14-20(18)21)30-16-24(27-3)28-4/h5-14,23-24H,15-16H2,1-4H3. The lowest BCUT2D eigenvalue weighted by atomic mass is 9.99. The lowest BCUT2D eigenvalue weighted by Crippen LogP contribution is -2.22. The smallest absolute Gasteiger partial charge is 0.191 e. The Labute approximate surface area is 177 Å². The molecule has 0 radical (unpaired) electrons. The number of benzene rings is 3. The zero-order valence-electron chi connectivity index (χ0n) is 17.8. The van der Waals surface area contributed by atoms with Crippen LogP contribution in [0.15, 0.2) is 60.7 Å². The first-order chi connectivity index (χ1) is 14.7. The summed E-state index contributed by atoms with van der Waals surface area (Å²) in [6.45, 7) is 0.537. The van der Waals surface area contributed by atoms with Crippen LogP contribution in [0, 0.1) is 0 Å². The quantitative estimate of drug-likeness (QED) is 0.432. The van der Waals surface area contributed by atoms with Crippen molar-refractivity contribution >= 4 is 10.8 Å². The Hall–Kier alpha value is -2.64. The molecule has 6 heteroatoms. The number of ether oxygens (including phenoxy) is 6. The zero-order valence-corrected chi connectivity index (χ0v) is 17.8. The van der Waals surface area contributed by atoms with Gasteiger partial charge in [0.05, 0.1) is 0 Å². The molecule has 0 aliphatic rings. The van der Waals surface area contributed by atoms with E-state index in [0.717, 1.165) is 33.4 Å². The van der Waals surface area contributed by atoms with Crippen LogP contribution in [0.4, 0.5) is 0 Å². The maximum Gasteiger partial charge on any atom is 0.191 e. The van der Waals surface area contributed by atoms with Crippen molar-refractivity contribution < 1.29 is 28.4 Å². The molecular weight excluding hydrogens is 384 g/mol. The predicted molar refractivity (Wildman–Crippen MR) is 116 cm³/mol. The van der Waals surface area contributed by atoms with Crippen LogP contribution in [0.5, 0.6) is 11.5 Å². The molecule has 3 aromatic carbocycles. The summed E-state index contributed by atoms with van der Waals surface area (Å²) in [6, 6.07) is 20.1. The zero-order chi connectivity index (χ0) is 21.3. The molecular formula is C24H28O6.